The minimum Gasteiger partial charge on any atom is -0.408 e. The molecule has 2 rings (SSSR count). The molecule has 1 aromatic carbocycles. The summed E-state index contributed by atoms with van der Waals surface area (Å²) in [6, 6.07) is 5.36. The average molecular weight is 285 g/mol. The number of rotatable bonds is 3. The van der Waals surface area contributed by atoms with Gasteiger partial charge in [0, 0.05) is 24.5 Å². The van der Waals surface area contributed by atoms with Crippen LogP contribution in [-0.4, -0.2) is 27.8 Å². The number of benzene rings is 1. The third-order valence-electron chi connectivity index (χ3n) is 2.56. The molecular weight excluding hydrogens is 270 g/mol. The molecule has 0 unspecified atom stereocenters. The van der Waals surface area contributed by atoms with Gasteiger partial charge in [-0.2, -0.15) is 0 Å². The Morgan fingerprint density at radius 3 is 2.81 bits per heavy atom. The average Bonchev–Trinajstić information content (AvgIpc) is 2.84. The van der Waals surface area contributed by atoms with Crippen molar-refractivity contribution in [2.75, 3.05) is 11.9 Å². The van der Waals surface area contributed by atoms with Gasteiger partial charge in [0.2, 0.25) is 5.89 Å². The summed E-state index contributed by atoms with van der Waals surface area (Å²) in [7, 11) is 0. The van der Waals surface area contributed by atoms with Gasteiger partial charge >= 0.3 is 6.01 Å². The molecule has 0 atom stereocenters. The van der Waals surface area contributed by atoms with Crippen LogP contribution in [0.1, 0.15) is 33.8 Å². The number of aromatic nitrogens is 2. The van der Waals surface area contributed by atoms with Crippen molar-refractivity contribution in [1.82, 2.24) is 10.2 Å². The number of aliphatic hydroxyl groups is 1. The fourth-order valence-electron chi connectivity index (χ4n) is 1.72. The molecule has 0 spiro atoms. The van der Waals surface area contributed by atoms with E-state index in [2.05, 4.69) is 27.4 Å². The highest BCUT2D eigenvalue weighted by Crippen LogP contribution is 2.12. The SMILES string of the molecule is Cc1cc(C#CCCO)cc(C(=O)Nc2nnc(C)o2)c1. The Morgan fingerprint density at radius 1 is 1.33 bits per heavy atom. The van der Waals surface area contributed by atoms with Crippen LogP contribution in [0.3, 0.4) is 0 Å². The number of hydrogen-bond donors (Lipinski definition) is 2. The molecule has 6 heteroatoms. The number of hydrogen-bond acceptors (Lipinski definition) is 5. The fourth-order valence-corrected chi connectivity index (χ4v) is 1.72. The molecule has 0 radical (unpaired) electrons. The molecule has 108 valence electrons. The van der Waals surface area contributed by atoms with Crippen molar-refractivity contribution in [3.8, 4) is 11.8 Å². The third-order valence-corrected chi connectivity index (χ3v) is 2.56. The monoisotopic (exact) mass is 285 g/mol. The smallest absolute Gasteiger partial charge is 0.322 e. The van der Waals surface area contributed by atoms with E-state index >= 15 is 0 Å². The highest BCUT2D eigenvalue weighted by molar-refractivity contribution is 6.03. The minimum atomic E-state index is -0.340. The van der Waals surface area contributed by atoms with E-state index < -0.39 is 0 Å². The molecule has 1 heterocycles. The Morgan fingerprint density at radius 2 is 2.14 bits per heavy atom. The summed E-state index contributed by atoms with van der Waals surface area (Å²) in [5.74, 6) is 5.77. The number of carbonyl (C=O) groups excluding carboxylic acids is 1. The lowest BCUT2D eigenvalue weighted by Crippen LogP contribution is -2.12. The summed E-state index contributed by atoms with van der Waals surface area (Å²) in [6.45, 7) is 3.54. The molecule has 0 saturated heterocycles. The Balaban J connectivity index is 2.19. The first-order chi connectivity index (χ1) is 10.1. The van der Waals surface area contributed by atoms with E-state index in [4.69, 9.17) is 9.52 Å². The van der Waals surface area contributed by atoms with Crippen molar-refractivity contribution in [3.05, 3.63) is 40.8 Å². The Hall–Kier alpha value is -2.65. The van der Waals surface area contributed by atoms with Gasteiger partial charge in [0.25, 0.3) is 5.91 Å². The molecular formula is C15H15N3O3. The molecule has 0 aliphatic carbocycles. The molecule has 0 saturated carbocycles. The molecule has 21 heavy (non-hydrogen) atoms. The lowest BCUT2D eigenvalue weighted by molar-refractivity contribution is 0.102. The van der Waals surface area contributed by atoms with E-state index in [1.54, 1.807) is 19.1 Å². The molecule has 2 N–H and O–H groups in total. The van der Waals surface area contributed by atoms with Crippen LogP contribution in [0.25, 0.3) is 0 Å². The van der Waals surface area contributed by atoms with Gasteiger partial charge in [0.15, 0.2) is 0 Å². The zero-order chi connectivity index (χ0) is 15.2. The summed E-state index contributed by atoms with van der Waals surface area (Å²) in [5.41, 5.74) is 2.09. The number of nitrogens with zero attached hydrogens (tertiary/aromatic N) is 2. The third kappa shape index (κ3) is 4.16. The number of nitrogens with one attached hydrogen (secondary N) is 1. The van der Waals surface area contributed by atoms with Gasteiger partial charge in [-0.1, -0.05) is 16.9 Å². The van der Waals surface area contributed by atoms with Gasteiger partial charge in [-0.25, -0.2) is 0 Å². The Labute approximate surface area is 122 Å². The van der Waals surface area contributed by atoms with Crippen LogP contribution in [0.4, 0.5) is 6.01 Å². The van der Waals surface area contributed by atoms with Crippen LogP contribution in [-0.2, 0) is 0 Å². The molecule has 6 nitrogen and oxygen atoms in total. The van der Waals surface area contributed by atoms with Gasteiger partial charge in [-0.05, 0) is 30.7 Å². The van der Waals surface area contributed by atoms with Gasteiger partial charge < -0.3 is 9.52 Å². The van der Waals surface area contributed by atoms with Crippen molar-refractivity contribution in [2.24, 2.45) is 0 Å². The molecule has 0 fully saturated rings. The van der Waals surface area contributed by atoms with Crippen LogP contribution in [0.5, 0.6) is 0 Å². The van der Waals surface area contributed by atoms with Crippen molar-refractivity contribution in [2.45, 2.75) is 20.3 Å². The summed E-state index contributed by atoms with van der Waals surface area (Å²) in [4.78, 5) is 12.1. The van der Waals surface area contributed by atoms with Crippen molar-refractivity contribution >= 4 is 11.9 Å². The zero-order valence-corrected chi connectivity index (χ0v) is 11.8. The minimum absolute atomic E-state index is 0.0165. The summed E-state index contributed by atoms with van der Waals surface area (Å²) < 4.78 is 5.11. The topological polar surface area (TPSA) is 88.2 Å². The van der Waals surface area contributed by atoms with E-state index in [0.717, 1.165) is 11.1 Å². The van der Waals surface area contributed by atoms with Crippen LogP contribution < -0.4 is 5.32 Å². The normalized spacial score (nSPS) is 9.86. The molecule has 1 amide bonds. The second kappa shape index (κ2) is 6.68. The van der Waals surface area contributed by atoms with Crippen LogP contribution in [0.2, 0.25) is 0 Å². The quantitative estimate of drug-likeness (QED) is 0.837. The maximum absolute atomic E-state index is 12.1. The largest absolute Gasteiger partial charge is 0.408 e. The van der Waals surface area contributed by atoms with Crippen molar-refractivity contribution < 1.29 is 14.3 Å². The summed E-state index contributed by atoms with van der Waals surface area (Å²) >= 11 is 0. The van der Waals surface area contributed by atoms with Crippen LogP contribution in [0.15, 0.2) is 22.6 Å². The highest BCUT2D eigenvalue weighted by Gasteiger charge is 2.11. The molecule has 0 aliphatic rings. The highest BCUT2D eigenvalue weighted by atomic mass is 16.4. The number of anilines is 1. The van der Waals surface area contributed by atoms with Gasteiger partial charge in [0.05, 0.1) is 6.61 Å². The first-order valence-electron chi connectivity index (χ1n) is 6.41. The standard InChI is InChI=1S/C15H15N3O3/c1-10-7-12(5-3-4-6-19)9-13(8-10)14(20)16-15-18-17-11(2)21-15/h7-9,19H,4,6H2,1-2H3,(H,16,18,20). The maximum Gasteiger partial charge on any atom is 0.322 e. The number of amides is 1. The first-order valence-corrected chi connectivity index (χ1v) is 6.41. The second-order valence-corrected chi connectivity index (χ2v) is 4.44. The first kappa shape index (κ1) is 14.8. The molecule has 0 bridgehead atoms. The van der Waals surface area contributed by atoms with E-state index in [0.29, 0.717) is 17.9 Å². The zero-order valence-electron chi connectivity index (χ0n) is 11.8. The van der Waals surface area contributed by atoms with Crippen LogP contribution >= 0.6 is 0 Å². The number of aryl methyl sites for hydroxylation is 2. The number of carbonyl (C=O) groups is 1. The van der Waals surface area contributed by atoms with Crippen molar-refractivity contribution in [3.63, 3.8) is 0 Å². The molecule has 1 aromatic heterocycles. The molecule has 2 aromatic rings. The van der Waals surface area contributed by atoms with Gasteiger partial charge in [-0.15, -0.1) is 5.10 Å². The number of aliphatic hydroxyl groups excluding tert-OH is 1. The summed E-state index contributed by atoms with van der Waals surface area (Å²) in [6.07, 6.45) is 0.400. The van der Waals surface area contributed by atoms with Gasteiger partial charge in [0.1, 0.15) is 0 Å². The van der Waals surface area contributed by atoms with Crippen molar-refractivity contribution in [1.29, 1.82) is 0 Å². The lowest BCUT2D eigenvalue weighted by Gasteiger charge is -2.03. The lowest BCUT2D eigenvalue weighted by atomic mass is 10.1. The van der Waals surface area contributed by atoms with E-state index in [9.17, 15) is 4.79 Å². The Kier molecular flexibility index (Phi) is 4.69. The Bertz CT molecular complexity index is 710. The van der Waals surface area contributed by atoms with E-state index in [1.807, 2.05) is 13.0 Å². The fraction of sp³-hybridized carbons (Fsp3) is 0.267. The second-order valence-electron chi connectivity index (χ2n) is 4.44. The maximum atomic E-state index is 12.1. The molecule has 0 aliphatic heterocycles. The summed E-state index contributed by atoms with van der Waals surface area (Å²) in [5, 5.41) is 18.6. The predicted molar refractivity (Wildman–Crippen MR) is 76.7 cm³/mol. The van der Waals surface area contributed by atoms with Gasteiger partial charge in [-0.3, -0.25) is 10.1 Å². The predicted octanol–water partition coefficient (Wildman–Crippen LogP) is 1.67. The van der Waals surface area contributed by atoms with E-state index in [-0.39, 0.29) is 18.5 Å². The van der Waals surface area contributed by atoms with E-state index in [1.165, 1.54) is 0 Å². The van der Waals surface area contributed by atoms with Crippen LogP contribution in [0, 0.1) is 25.7 Å².